The number of benzene rings is 3. The second-order valence-electron chi connectivity index (χ2n) is 5.30. The molecule has 3 aromatic rings. The van der Waals surface area contributed by atoms with Crippen LogP contribution in [-0.2, 0) is 11.2 Å². The quantitative estimate of drug-likeness (QED) is 0.718. The third-order valence-corrected chi connectivity index (χ3v) is 3.99. The van der Waals surface area contributed by atoms with Crippen LogP contribution in [0.5, 0.6) is 0 Å². The van der Waals surface area contributed by atoms with Gasteiger partial charge in [0.05, 0.1) is 17.0 Å². The van der Waals surface area contributed by atoms with Gasteiger partial charge in [-0.1, -0.05) is 66.2 Å². The van der Waals surface area contributed by atoms with Crippen molar-refractivity contribution in [2.24, 2.45) is 0 Å². The van der Waals surface area contributed by atoms with Crippen molar-refractivity contribution in [3.63, 3.8) is 0 Å². The summed E-state index contributed by atoms with van der Waals surface area (Å²) in [5.41, 5.74) is 6.02. The molecule has 0 saturated heterocycles. The third kappa shape index (κ3) is 3.55. The summed E-state index contributed by atoms with van der Waals surface area (Å²) in [6.45, 7) is 0. The van der Waals surface area contributed by atoms with Gasteiger partial charge in [0.2, 0.25) is 5.91 Å². The molecule has 0 aliphatic heterocycles. The van der Waals surface area contributed by atoms with E-state index in [1.165, 1.54) is 0 Å². The van der Waals surface area contributed by atoms with Gasteiger partial charge in [0.25, 0.3) is 5.91 Å². The maximum absolute atomic E-state index is 12.1. The predicted molar refractivity (Wildman–Crippen MR) is 94.7 cm³/mol. The standard InChI is InChI=1S/C19H15ClN2O2/c20-17-11-4-3-10-16(17)19(24)22-21-18(23)12-14-8-5-7-13-6-1-2-9-15(13)14/h1-11H,12H2,(H,21,23)(H,22,24). The Kier molecular flexibility index (Phi) is 4.77. The molecule has 0 heterocycles. The molecule has 120 valence electrons. The molecule has 0 bridgehead atoms. The van der Waals surface area contributed by atoms with Gasteiger partial charge in [-0.3, -0.25) is 20.4 Å². The highest BCUT2D eigenvalue weighted by Gasteiger charge is 2.11. The number of halogens is 1. The first-order chi connectivity index (χ1) is 11.6. The molecule has 3 rings (SSSR count). The lowest BCUT2D eigenvalue weighted by molar-refractivity contribution is -0.121. The van der Waals surface area contributed by atoms with Crippen LogP contribution in [0, 0.1) is 0 Å². The van der Waals surface area contributed by atoms with Crippen LogP contribution in [0.2, 0.25) is 5.02 Å². The SMILES string of the molecule is O=C(Cc1cccc2ccccc12)NNC(=O)c1ccccc1Cl. The molecule has 0 atom stereocenters. The van der Waals surface area contributed by atoms with Crippen molar-refractivity contribution in [1.29, 1.82) is 0 Å². The van der Waals surface area contributed by atoms with E-state index in [1.54, 1.807) is 24.3 Å². The molecule has 0 aromatic heterocycles. The van der Waals surface area contributed by atoms with Crippen LogP contribution < -0.4 is 10.9 Å². The molecule has 0 unspecified atom stereocenters. The van der Waals surface area contributed by atoms with Crippen LogP contribution in [0.25, 0.3) is 10.8 Å². The second-order valence-corrected chi connectivity index (χ2v) is 5.70. The summed E-state index contributed by atoms with van der Waals surface area (Å²) in [7, 11) is 0. The molecule has 0 aliphatic rings. The van der Waals surface area contributed by atoms with Crippen molar-refractivity contribution in [3.8, 4) is 0 Å². The highest BCUT2D eigenvalue weighted by molar-refractivity contribution is 6.33. The van der Waals surface area contributed by atoms with Gasteiger partial charge in [0.15, 0.2) is 0 Å². The fourth-order valence-corrected chi connectivity index (χ4v) is 2.72. The summed E-state index contributed by atoms with van der Waals surface area (Å²) in [5.74, 6) is -0.751. The summed E-state index contributed by atoms with van der Waals surface area (Å²) >= 11 is 5.96. The van der Waals surface area contributed by atoms with E-state index in [1.807, 2.05) is 42.5 Å². The molecule has 0 saturated carbocycles. The van der Waals surface area contributed by atoms with E-state index in [2.05, 4.69) is 10.9 Å². The predicted octanol–water partition coefficient (Wildman–Crippen LogP) is 3.50. The Bertz CT molecular complexity index is 903. The van der Waals surface area contributed by atoms with Crippen molar-refractivity contribution >= 4 is 34.2 Å². The zero-order valence-corrected chi connectivity index (χ0v) is 13.5. The summed E-state index contributed by atoms with van der Waals surface area (Å²) in [6.07, 6.45) is 0.171. The van der Waals surface area contributed by atoms with Crippen molar-refractivity contribution in [2.75, 3.05) is 0 Å². The van der Waals surface area contributed by atoms with Gasteiger partial charge in [-0.05, 0) is 28.5 Å². The largest absolute Gasteiger partial charge is 0.273 e. The lowest BCUT2D eigenvalue weighted by Crippen LogP contribution is -2.42. The third-order valence-electron chi connectivity index (χ3n) is 3.66. The number of nitrogens with one attached hydrogen (secondary N) is 2. The first-order valence-electron chi connectivity index (χ1n) is 7.45. The molecular weight excluding hydrogens is 324 g/mol. The van der Waals surface area contributed by atoms with Crippen molar-refractivity contribution in [1.82, 2.24) is 10.9 Å². The summed E-state index contributed by atoms with van der Waals surface area (Å²) in [6, 6.07) is 20.3. The minimum absolute atomic E-state index is 0.171. The van der Waals surface area contributed by atoms with E-state index in [9.17, 15) is 9.59 Å². The molecule has 2 N–H and O–H groups in total. The first kappa shape index (κ1) is 16.0. The number of carbonyl (C=O) groups is 2. The van der Waals surface area contributed by atoms with Gasteiger partial charge < -0.3 is 0 Å². The van der Waals surface area contributed by atoms with E-state index in [0.717, 1.165) is 16.3 Å². The summed E-state index contributed by atoms with van der Waals surface area (Å²) in [5, 5.41) is 2.42. The zero-order chi connectivity index (χ0) is 16.9. The van der Waals surface area contributed by atoms with Crippen LogP contribution in [0.3, 0.4) is 0 Å². The first-order valence-corrected chi connectivity index (χ1v) is 7.83. The van der Waals surface area contributed by atoms with Crippen LogP contribution in [-0.4, -0.2) is 11.8 Å². The number of hydrogen-bond acceptors (Lipinski definition) is 2. The maximum atomic E-state index is 12.1. The minimum Gasteiger partial charge on any atom is -0.273 e. The number of carbonyl (C=O) groups excluding carboxylic acids is 2. The summed E-state index contributed by atoms with van der Waals surface area (Å²) in [4.78, 5) is 24.1. The van der Waals surface area contributed by atoms with E-state index in [0.29, 0.717) is 10.6 Å². The Morgan fingerprint density at radius 1 is 0.833 bits per heavy atom. The number of amides is 2. The van der Waals surface area contributed by atoms with Gasteiger partial charge in [-0.15, -0.1) is 0 Å². The van der Waals surface area contributed by atoms with Gasteiger partial charge >= 0.3 is 0 Å². The average Bonchev–Trinajstić information content (AvgIpc) is 2.60. The van der Waals surface area contributed by atoms with Gasteiger partial charge in [-0.25, -0.2) is 0 Å². The Hall–Kier alpha value is -2.85. The molecule has 5 heteroatoms. The fourth-order valence-electron chi connectivity index (χ4n) is 2.50. The Morgan fingerprint density at radius 2 is 1.54 bits per heavy atom. The number of fused-ring (bicyclic) bond motifs is 1. The van der Waals surface area contributed by atoms with Crippen LogP contribution in [0.15, 0.2) is 66.7 Å². The van der Waals surface area contributed by atoms with Crippen LogP contribution in [0.4, 0.5) is 0 Å². The molecule has 0 fully saturated rings. The molecule has 0 spiro atoms. The van der Waals surface area contributed by atoms with Gasteiger partial charge in [0, 0.05) is 0 Å². The molecule has 2 amide bonds. The zero-order valence-electron chi connectivity index (χ0n) is 12.8. The van der Waals surface area contributed by atoms with Gasteiger partial charge in [0.1, 0.15) is 0 Å². The normalized spacial score (nSPS) is 10.4. The van der Waals surface area contributed by atoms with E-state index in [-0.39, 0.29) is 12.3 Å². The highest BCUT2D eigenvalue weighted by Crippen LogP contribution is 2.19. The lowest BCUT2D eigenvalue weighted by atomic mass is 10.0. The van der Waals surface area contributed by atoms with Crippen molar-refractivity contribution in [2.45, 2.75) is 6.42 Å². The van der Waals surface area contributed by atoms with Crippen LogP contribution >= 0.6 is 11.6 Å². The monoisotopic (exact) mass is 338 g/mol. The van der Waals surface area contributed by atoms with E-state index < -0.39 is 5.91 Å². The molecule has 0 aliphatic carbocycles. The smallest absolute Gasteiger partial charge is 0.271 e. The molecular formula is C19H15ClN2O2. The molecule has 24 heavy (non-hydrogen) atoms. The Labute approximate surface area is 144 Å². The minimum atomic E-state index is -0.452. The van der Waals surface area contributed by atoms with Crippen molar-refractivity contribution < 1.29 is 9.59 Å². The number of hydrazine groups is 1. The lowest BCUT2D eigenvalue weighted by Gasteiger charge is -2.10. The second kappa shape index (κ2) is 7.15. The maximum Gasteiger partial charge on any atom is 0.271 e. The van der Waals surface area contributed by atoms with Gasteiger partial charge in [-0.2, -0.15) is 0 Å². The molecule has 3 aromatic carbocycles. The Balaban J connectivity index is 1.66. The van der Waals surface area contributed by atoms with Crippen LogP contribution in [0.1, 0.15) is 15.9 Å². The molecule has 0 radical (unpaired) electrons. The topological polar surface area (TPSA) is 58.2 Å². The van der Waals surface area contributed by atoms with E-state index >= 15 is 0 Å². The van der Waals surface area contributed by atoms with E-state index in [4.69, 9.17) is 11.6 Å². The number of rotatable bonds is 3. The highest BCUT2D eigenvalue weighted by atomic mass is 35.5. The average molecular weight is 339 g/mol. The molecule has 4 nitrogen and oxygen atoms in total. The fraction of sp³-hybridized carbons (Fsp3) is 0.0526. The number of hydrogen-bond donors (Lipinski definition) is 2. The Morgan fingerprint density at radius 3 is 2.38 bits per heavy atom. The summed E-state index contributed by atoms with van der Waals surface area (Å²) < 4.78 is 0. The van der Waals surface area contributed by atoms with Crippen molar-refractivity contribution in [3.05, 3.63) is 82.9 Å².